The first-order chi connectivity index (χ1) is 15.1. The highest BCUT2D eigenvalue weighted by Gasteiger charge is 2.20. The molecule has 0 saturated carbocycles. The lowest BCUT2D eigenvalue weighted by molar-refractivity contribution is 0.238. The third kappa shape index (κ3) is 4.98. The SMILES string of the molecule is C=Nc1ncnc(N)c1/C(=C\[C@@H]1CCCN(C)C1)c1ccc(Oc2ccccc2)cc1. The lowest BCUT2D eigenvalue weighted by Gasteiger charge is -2.28. The van der Waals surface area contributed by atoms with Crippen LogP contribution >= 0.6 is 0 Å². The lowest BCUT2D eigenvalue weighted by Crippen LogP contribution is -2.31. The molecule has 0 unspecified atom stereocenters. The summed E-state index contributed by atoms with van der Waals surface area (Å²) in [4.78, 5) is 15.0. The van der Waals surface area contributed by atoms with E-state index in [0.717, 1.165) is 47.7 Å². The Labute approximate surface area is 183 Å². The number of rotatable bonds is 6. The van der Waals surface area contributed by atoms with Crippen molar-refractivity contribution in [1.29, 1.82) is 0 Å². The predicted molar refractivity (Wildman–Crippen MR) is 126 cm³/mol. The summed E-state index contributed by atoms with van der Waals surface area (Å²) in [5.74, 6) is 2.87. The average Bonchev–Trinajstić information content (AvgIpc) is 2.79. The summed E-state index contributed by atoms with van der Waals surface area (Å²) >= 11 is 0. The van der Waals surface area contributed by atoms with Crippen LogP contribution in [0.25, 0.3) is 5.57 Å². The quantitative estimate of drug-likeness (QED) is 0.578. The smallest absolute Gasteiger partial charge is 0.164 e. The van der Waals surface area contributed by atoms with Gasteiger partial charge in [0.1, 0.15) is 23.6 Å². The van der Waals surface area contributed by atoms with Crippen molar-refractivity contribution >= 4 is 23.9 Å². The van der Waals surface area contributed by atoms with Gasteiger partial charge in [-0.1, -0.05) is 36.4 Å². The van der Waals surface area contributed by atoms with Crippen LogP contribution in [0.4, 0.5) is 11.6 Å². The van der Waals surface area contributed by atoms with Gasteiger partial charge in [0.25, 0.3) is 0 Å². The Balaban J connectivity index is 1.72. The van der Waals surface area contributed by atoms with Crippen molar-refractivity contribution in [3.63, 3.8) is 0 Å². The van der Waals surface area contributed by atoms with Gasteiger partial charge in [-0.2, -0.15) is 0 Å². The molecule has 0 bridgehead atoms. The molecule has 0 amide bonds. The highest BCUT2D eigenvalue weighted by atomic mass is 16.5. The molecule has 6 nitrogen and oxygen atoms in total. The van der Waals surface area contributed by atoms with Crippen LogP contribution in [0.1, 0.15) is 24.0 Å². The Bertz CT molecular complexity index is 1060. The van der Waals surface area contributed by atoms with Gasteiger partial charge < -0.3 is 15.4 Å². The van der Waals surface area contributed by atoms with Crippen LogP contribution in [0.5, 0.6) is 11.5 Å². The Morgan fingerprint density at radius 1 is 1.13 bits per heavy atom. The summed E-state index contributed by atoms with van der Waals surface area (Å²) in [6.07, 6.45) is 6.01. The summed E-state index contributed by atoms with van der Waals surface area (Å²) in [7, 11) is 2.16. The van der Waals surface area contributed by atoms with E-state index in [-0.39, 0.29) is 0 Å². The van der Waals surface area contributed by atoms with E-state index >= 15 is 0 Å². The molecule has 1 saturated heterocycles. The number of nitrogens with two attached hydrogens (primary N) is 1. The van der Waals surface area contributed by atoms with E-state index < -0.39 is 0 Å². The average molecular weight is 414 g/mol. The number of aliphatic imine (C=N–C) groups is 1. The van der Waals surface area contributed by atoms with Gasteiger partial charge in [0.05, 0.1) is 5.56 Å². The Morgan fingerprint density at radius 3 is 2.58 bits per heavy atom. The van der Waals surface area contributed by atoms with E-state index in [0.29, 0.717) is 17.6 Å². The third-order valence-electron chi connectivity index (χ3n) is 5.48. The topological polar surface area (TPSA) is 76.6 Å². The van der Waals surface area contributed by atoms with Crippen LogP contribution in [-0.4, -0.2) is 41.7 Å². The van der Waals surface area contributed by atoms with Crippen molar-refractivity contribution in [2.24, 2.45) is 10.9 Å². The van der Waals surface area contributed by atoms with Crippen molar-refractivity contribution in [1.82, 2.24) is 14.9 Å². The fourth-order valence-corrected chi connectivity index (χ4v) is 4.00. The zero-order chi connectivity index (χ0) is 21.6. The number of hydrogen-bond acceptors (Lipinski definition) is 6. The number of aromatic nitrogens is 2. The van der Waals surface area contributed by atoms with Gasteiger partial charge in [-0.05, 0) is 74.5 Å². The minimum absolute atomic E-state index is 0.400. The molecular weight excluding hydrogens is 386 g/mol. The van der Waals surface area contributed by atoms with Crippen LogP contribution in [0.2, 0.25) is 0 Å². The van der Waals surface area contributed by atoms with Gasteiger partial charge in [0, 0.05) is 6.54 Å². The van der Waals surface area contributed by atoms with Crippen molar-refractivity contribution < 1.29 is 4.74 Å². The van der Waals surface area contributed by atoms with Crippen LogP contribution < -0.4 is 10.5 Å². The Hall–Kier alpha value is -3.51. The largest absolute Gasteiger partial charge is 0.457 e. The summed E-state index contributed by atoms with van der Waals surface area (Å²) in [5.41, 5.74) is 9.00. The molecule has 1 fully saturated rings. The van der Waals surface area contributed by atoms with Gasteiger partial charge in [-0.15, -0.1) is 0 Å². The molecule has 4 rings (SSSR count). The number of nitrogen functional groups attached to an aromatic ring is 1. The Kier molecular flexibility index (Phi) is 6.38. The molecule has 1 aliphatic rings. The molecule has 0 spiro atoms. The fourth-order valence-electron chi connectivity index (χ4n) is 4.00. The number of likely N-dealkylation sites (tertiary alicyclic amines) is 1. The van der Waals surface area contributed by atoms with E-state index in [4.69, 9.17) is 10.5 Å². The molecule has 0 aliphatic carbocycles. The number of benzene rings is 2. The molecule has 31 heavy (non-hydrogen) atoms. The van der Waals surface area contributed by atoms with Crippen LogP contribution in [0.3, 0.4) is 0 Å². The van der Waals surface area contributed by atoms with E-state index in [1.807, 2.05) is 54.6 Å². The molecule has 6 heteroatoms. The highest BCUT2D eigenvalue weighted by molar-refractivity contribution is 5.89. The third-order valence-corrected chi connectivity index (χ3v) is 5.48. The molecule has 2 N–H and O–H groups in total. The standard InChI is InChI=1S/C25H27N5O/c1-27-25-23(24(26)28-17-29-25)22(15-18-7-6-14-30(2)16-18)19-10-12-21(13-11-19)31-20-8-4-3-5-9-20/h3-5,8-13,15,17-18H,1,6-7,14,16H2,2H3,(H2,26,28,29)/b22-15-/t18-/m0/s1. The highest BCUT2D eigenvalue weighted by Crippen LogP contribution is 2.36. The first-order valence-corrected chi connectivity index (χ1v) is 10.5. The fraction of sp³-hybridized carbons (Fsp3) is 0.240. The van der Waals surface area contributed by atoms with Crippen LogP contribution in [-0.2, 0) is 0 Å². The first-order valence-electron chi connectivity index (χ1n) is 10.5. The predicted octanol–water partition coefficient (Wildman–Crippen LogP) is 4.96. The van der Waals surface area contributed by atoms with E-state index in [1.54, 1.807) is 0 Å². The molecule has 3 aromatic rings. The lowest BCUT2D eigenvalue weighted by atomic mass is 9.90. The molecule has 2 aromatic carbocycles. The summed E-state index contributed by atoms with van der Waals surface area (Å²) < 4.78 is 5.95. The molecule has 1 aliphatic heterocycles. The number of anilines is 1. The second kappa shape index (κ2) is 9.53. The second-order valence-corrected chi connectivity index (χ2v) is 7.80. The van der Waals surface area contributed by atoms with Gasteiger partial charge in [0.15, 0.2) is 5.82 Å². The molecule has 158 valence electrons. The molecular formula is C25H27N5O. The monoisotopic (exact) mass is 413 g/mol. The van der Waals surface area contributed by atoms with E-state index in [1.165, 1.54) is 12.7 Å². The van der Waals surface area contributed by atoms with Gasteiger partial charge >= 0.3 is 0 Å². The minimum Gasteiger partial charge on any atom is -0.457 e. The van der Waals surface area contributed by atoms with E-state index in [2.05, 4.69) is 39.7 Å². The van der Waals surface area contributed by atoms with E-state index in [9.17, 15) is 0 Å². The van der Waals surface area contributed by atoms with Gasteiger partial charge in [-0.25, -0.2) is 15.0 Å². The molecule has 0 radical (unpaired) electrons. The van der Waals surface area contributed by atoms with Crippen LogP contribution in [0.15, 0.2) is 72.0 Å². The maximum atomic E-state index is 6.28. The van der Waals surface area contributed by atoms with Crippen molar-refractivity contribution in [2.45, 2.75) is 12.8 Å². The molecule has 1 aromatic heterocycles. The zero-order valence-corrected chi connectivity index (χ0v) is 17.7. The maximum Gasteiger partial charge on any atom is 0.164 e. The van der Waals surface area contributed by atoms with Crippen molar-refractivity contribution in [2.75, 3.05) is 25.9 Å². The molecule has 1 atom stereocenters. The summed E-state index contributed by atoms with van der Waals surface area (Å²) in [6, 6.07) is 17.7. The zero-order valence-electron chi connectivity index (χ0n) is 17.7. The van der Waals surface area contributed by atoms with Crippen molar-refractivity contribution in [3.05, 3.63) is 78.1 Å². The number of piperidine rings is 1. The maximum absolute atomic E-state index is 6.28. The normalized spacial score (nSPS) is 17.3. The summed E-state index contributed by atoms with van der Waals surface area (Å²) in [6.45, 7) is 5.81. The Morgan fingerprint density at radius 2 is 1.87 bits per heavy atom. The minimum atomic E-state index is 0.400. The number of ether oxygens (including phenoxy) is 1. The van der Waals surface area contributed by atoms with Gasteiger partial charge in [-0.3, -0.25) is 0 Å². The van der Waals surface area contributed by atoms with Gasteiger partial charge in [0.2, 0.25) is 0 Å². The van der Waals surface area contributed by atoms with Crippen LogP contribution in [0, 0.1) is 5.92 Å². The number of hydrogen-bond donors (Lipinski definition) is 1. The molecule has 2 heterocycles. The number of nitrogens with zero attached hydrogens (tertiary/aromatic N) is 4. The summed E-state index contributed by atoms with van der Waals surface area (Å²) in [5, 5.41) is 0. The second-order valence-electron chi connectivity index (χ2n) is 7.80. The number of para-hydroxylation sites is 1. The first kappa shape index (κ1) is 20.8. The van der Waals surface area contributed by atoms with Crippen molar-refractivity contribution in [3.8, 4) is 11.5 Å².